The molecule has 1 heterocycles. The SMILES string of the molecule is CCC[n+]1cc(Br)cc(C(=O)N(CCOC(=O)NCCOC(=O)NC2CCCCC2)c2ccccc2)c1.[Cl-]. The molecule has 0 aliphatic heterocycles. The van der Waals surface area contributed by atoms with Gasteiger partial charge >= 0.3 is 12.2 Å². The molecule has 2 N–H and O–H groups in total. The van der Waals surface area contributed by atoms with Gasteiger partial charge in [-0.3, -0.25) is 4.79 Å². The van der Waals surface area contributed by atoms with Crippen LogP contribution in [0, 0.1) is 0 Å². The molecule has 1 saturated carbocycles. The minimum absolute atomic E-state index is 0. The van der Waals surface area contributed by atoms with Crippen LogP contribution < -0.4 is 32.5 Å². The number of rotatable bonds is 11. The predicted octanol–water partition coefficient (Wildman–Crippen LogP) is 1.58. The molecular formula is C27H36BrClN4O5. The number of ether oxygens (including phenoxy) is 2. The Morgan fingerprint density at radius 3 is 2.45 bits per heavy atom. The standard InChI is InChI=1S/C27H35BrN4O5.ClH/c1-2-14-31-19-21(18-22(28)20-31)25(33)32(24-11-7-4-8-12-24)15-17-37-26(34)29-13-16-36-27(35)30-23-9-5-3-6-10-23;/h4,7-8,11-12,18-20,23H,2-3,5-6,9-10,13-17H2,1H3,(H-,29,30,34,35);1H. The second-order valence-electron chi connectivity index (χ2n) is 8.95. The summed E-state index contributed by atoms with van der Waals surface area (Å²) in [6.07, 6.45) is 8.99. The molecule has 0 spiro atoms. The second-order valence-corrected chi connectivity index (χ2v) is 9.87. The van der Waals surface area contributed by atoms with Crippen molar-refractivity contribution >= 4 is 39.7 Å². The van der Waals surface area contributed by atoms with Crippen LogP contribution in [0.1, 0.15) is 55.8 Å². The van der Waals surface area contributed by atoms with Crippen LogP contribution in [0.5, 0.6) is 0 Å². The zero-order valence-electron chi connectivity index (χ0n) is 21.7. The lowest BCUT2D eigenvalue weighted by Gasteiger charge is -2.23. The average Bonchev–Trinajstić information content (AvgIpc) is 2.90. The number of hydrogen-bond acceptors (Lipinski definition) is 5. The molecule has 1 aliphatic rings. The van der Waals surface area contributed by atoms with Crippen molar-refractivity contribution in [1.82, 2.24) is 10.6 Å². The third kappa shape index (κ3) is 10.5. The molecule has 0 radical (unpaired) electrons. The van der Waals surface area contributed by atoms with Crippen molar-refractivity contribution in [2.75, 3.05) is 31.2 Å². The first kappa shape index (κ1) is 31.4. The quantitative estimate of drug-likeness (QED) is 0.297. The minimum Gasteiger partial charge on any atom is -1.00 e. The summed E-state index contributed by atoms with van der Waals surface area (Å²) in [5.74, 6) is -0.196. The number of carbonyl (C=O) groups is 3. The lowest BCUT2D eigenvalue weighted by atomic mass is 9.96. The molecule has 1 fully saturated rings. The van der Waals surface area contributed by atoms with Crippen molar-refractivity contribution in [3.8, 4) is 0 Å². The van der Waals surface area contributed by atoms with Crippen molar-refractivity contribution in [1.29, 1.82) is 0 Å². The second kappa shape index (κ2) is 16.9. The van der Waals surface area contributed by atoms with E-state index in [1.165, 1.54) is 6.42 Å². The van der Waals surface area contributed by atoms with E-state index >= 15 is 0 Å². The summed E-state index contributed by atoms with van der Waals surface area (Å²) in [6, 6.07) is 11.2. The van der Waals surface area contributed by atoms with Crippen LogP contribution in [0.15, 0.2) is 53.3 Å². The Kier molecular flexibility index (Phi) is 13.9. The number of nitrogens with zero attached hydrogens (tertiary/aromatic N) is 2. The molecule has 0 saturated heterocycles. The van der Waals surface area contributed by atoms with Crippen molar-refractivity contribution in [2.24, 2.45) is 0 Å². The van der Waals surface area contributed by atoms with Crippen molar-refractivity contribution in [3.63, 3.8) is 0 Å². The lowest BCUT2D eigenvalue weighted by Crippen LogP contribution is -3.00. The Hall–Kier alpha value is -2.85. The summed E-state index contributed by atoms with van der Waals surface area (Å²) in [7, 11) is 0. The Morgan fingerprint density at radius 2 is 1.74 bits per heavy atom. The van der Waals surface area contributed by atoms with Gasteiger partial charge in [0.15, 0.2) is 12.4 Å². The fraction of sp³-hybridized carbons (Fsp3) is 0.481. The maximum Gasteiger partial charge on any atom is 0.407 e. The normalized spacial score (nSPS) is 13.1. The molecule has 208 valence electrons. The van der Waals surface area contributed by atoms with Gasteiger partial charge in [-0.05, 0) is 47.0 Å². The number of para-hydroxylation sites is 1. The topological polar surface area (TPSA) is 101 Å². The van der Waals surface area contributed by atoms with Crippen LogP contribution in [0.4, 0.5) is 15.3 Å². The van der Waals surface area contributed by atoms with Crippen LogP contribution in [0.2, 0.25) is 0 Å². The first-order valence-corrected chi connectivity index (χ1v) is 13.7. The maximum absolute atomic E-state index is 13.4. The van der Waals surface area contributed by atoms with Gasteiger partial charge in [0.1, 0.15) is 25.3 Å². The van der Waals surface area contributed by atoms with Crippen LogP contribution in [0.3, 0.4) is 0 Å². The Morgan fingerprint density at radius 1 is 1.03 bits per heavy atom. The van der Waals surface area contributed by atoms with Crippen molar-refractivity contribution < 1.29 is 40.8 Å². The summed E-state index contributed by atoms with van der Waals surface area (Å²) in [5, 5.41) is 5.43. The molecule has 0 atom stereocenters. The molecule has 1 aliphatic carbocycles. The molecule has 0 unspecified atom stereocenters. The van der Waals surface area contributed by atoms with E-state index in [4.69, 9.17) is 9.47 Å². The molecule has 3 rings (SSSR count). The summed E-state index contributed by atoms with van der Waals surface area (Å²) < 4.78 is 13.2. The molecule has 3 amide bonds. The zero-order chi connectivity index (χ0) is 26.5. The molecule has 1 aromatic carbocycles. The number of amides is 3. The van der Waals surface area contributed by atoms with Gasteiger partial charge < -0.3 is 37.4 Å². The summed E-state index contributed by atoms with van der Waals surface area (Å²) in [4.78, 5) is 39.0. The third-order valence-corrected chi connectivity index (χ3v) is 6.44. The maximum atomic E-state index is 13.4. The number of aryl methyl sites for hydroxylation is 1. The Bertz CT molecular complexity index is 1040. The number of halogens is 2. The molecule has 2 aromatic rings. The van der Waals surface area contributed by atoms with E-state index in [2.05, 4.69) is 33.5 Å². The number of nitrogens with one attached hydrogen (secondary N) is 2. The summed E-state index contributed by atoms with van der Waals surface area (Å²) >= 11 is 3.49. The molecule has 38 heavy (non-hydrogen) atoms. The Balaban J connectivity index is 0.00000507. The van der Waals surface area contributed by atoms with E-state index in [1.54, 1.807) is 11.0 Å². The number of pyridine rings is 1. The minimum atomic E-state index is -0.639. The predicted molar refractivity (Wildman–Crippen MR) is 143 cm³/mol. The number of carbonyl (C=O) groups excluding carboxylic acids is 3. The van der Waals surface area contributed by atoms with Gasteiger partial charge in [-0.1, -0.05) is 44.4 Å². The highest BCUT2D eigenvalue weighted by molar-refractivity contribution is 9.10. The van der Waals surface area contributed by atoms with Crippen molar-refractivity contribution in [2.45, 2.75) is 58.0 Å². The van der Waals surface area contributed by atoms with Gasteiger partial charge in [0.2, 0.25) is 0 Å². The smallest absolute Gasteiger partial charge is 0.407 e. The average molecular weight is 612 g/mol. The lowest BCUT2D eigenvalue weighted by molar-refractivity contribution is -0.697. The Labute approximate surface area is 238 Å². The first-order chi connectivity index (χ1) is 18.0. The number of benzene rings is 1. The van der Waals surface area contributed by atoms with E-state index in [9.17, 15) is 14.4 Å². The fourth-order valence-electron chi connectivity index (χ4n) is 4.25. The number of alkyl carbamates (subject to hydrolysis) is 2. The summed E-state index contributed by atoms with van der Waals surface area (Å²) in [5.41, 5.74) is 1.23. The van der Waals surface area contributed by atoms with Crippen LogP contribution in [0.25, 0.3) is 0 Å². The molecule has 0 bridgehead atoms. The molecular weight excluding hydrogens is 576 g/mol. The molecule has 1 aromatic heterocycles. The van der Waals surface area contributed by atoms with Crippen LogP contribution >= 0.6 is 15.9 Å². The number of anilines is 1. The highest BCUT2D eigenvalue weighted by Crippen LogP contribution is 2.19. The largest absolute Gasteiger partial charge is 1.00 e. The van der Waals surface area contributed by atoms with E-state index < -0.39 is 12.2 Å². The monoisotopic (exact) mass is 610 g/mol. The van der Waals surface area contributed by atoms with Gasteiger partial charge in [-0.15, -0.1) is 0 Å². The van der Waals surface area contributed by atoms with Crippen molar-refractivity contribution in [3.05, 3.63) is 58.8 Å². The van der Waals surface area contributed by atoms with E-state index in [-0.39, 0.29) is 50.7 Å². The van der Waals surface area contributed by atoms with Gasteiger partial charge in [0.25, 0.3) is 5.91 Å². The number of aromatic nitrogens is 1. The number of hydrogen-bond donors (Lipinski definition) is 2. The van der Waals surface area contributed by atoms with Gasteiger partial charge in [-0.25, -0.2) is 14.2 Å². The van der Waals surface area contributed by atoms with E-state index in [1.807, 2.05) is 47.3 Å². The molecule has 9 nitrogen and oxygen atoms in total. The zero-order valence-corrected chi connectivity index (χ0v) is 24.0. The van der Waals surface area contributed by atoms with Gasteiger partial charge in [0.05, 0.1) is 17.6 Å². The molecule has 11 heteroatoms. The van der Waals surface area contributed by atoms with Gasteiger partial charge in [-0.2, -0.15) is 0 Å². The van der Waals surface area contributed by atoms with E-state index in [0.717, 1.165) is 43.1 Å². The third-order valence-electron chi connectivity index (χ3n) is 6.01. The van der Waals surface area contributed by atoms with Crippen LogP contribution in [-0.4, -0.2) is 50.4 Å². The van der Waals surface area contributed by atoms with E-state index in [0.29, 0.717) is 11.3 Å². The van der Waals surface area contributed by atoms with Crippen LogP contribution in [-0.2, 0) is 16.0 Å². The highest BCUT2D eigenvalue weighted by atomic mass is 79.9. The first-order valence-electron chi connectivity index (χ1n) is 12.9. The highest BCUT2D eigenvalue weighted by Gasteiger charge is 2.22. The van der Waals surface area contributed by atoms with Gasteiger partial charge in [0, 0.05) is 18.2 Å². The summed E-state index contributed by atoms with van der Waals surface area (Å²) in [6.45, 7) is 3.22. The fourth-order valence-corrected chi connectivity index (χ4v) is 4.76.